The van der Waals surface area contributed by atoms with Gasteiger partial charge in [0.2, 0.25) is 5.91 Å². The van der Waals surface area contributed by atoms with Gasteiger partial charge in [-0.2, -0.15) is 26.3 Å². The number of amides is 1. The van der Waals surface area contributed by atoms with E-state index in [4.69, 9.17) is 19.8 Å². The van der Waals surface area contributed by atoms with Gasteiger partial charge in [0, 0.05) is 19.3 Å². The van der Waals surface area contributed by atoms with Crippen LogP contribution < -0.4 is 10.6 Å². The molecule has 0 radical (unpaired) electrons. The van der Waals surface area contributed by atoms with Crippen LogP contribution in [0.4, 0.5) is 32.2 Å². The van der Waals surface area contributed by atoms with Crippen LogP contribution in [0.1, 0.15) is 0 Å². The van der Waals surface area contributed by atoms with Crippen LogP contribution in [0.3, 0.4) is 0 Å². The summed E-state index contributed by atoms with van der Waals surface area (Å²) in [5, 5.41) is 20.1. The highest BCUT2D eigenvalue weighted by Gasteiger charge is 2.38. The van der Waals surface area contributed by atoms with Crippen molar-refractivity contribution in [2.75, 3.05) is 18.4 Å². The zero-order chi connectivity index (χ0) is 21.3. The van der Waals surface area contributed by atoms with Crippen LogP contribution in [0, 0.1) is 5.92 Å². The Morgan fingerprint density at radius 2 is 1.44 bits per heavy atom. The molecule has 0 saturated carbocycles. The van der Waals surface area contributed by atoms with Crippen LogP contribution in [-0.4, -0.2) is 58.5 Å². The normalized spacial score (nSPS) is 13.7. The average Bonchev–Trinajstić information content (AvgIpc) is 2.45. The highest BCUT2D eigenvalue weighted by atomic mass is 19.4. The summed E-state index contributed by atoms with van der Waals surface area (Å²) in [4.78, 5) is 33.2. The predicted octanol–water partition coefficient (Wildman–Crippen LogP) is 1.51. The number of nitrogens with one attached hydrogen (secondary N) is 2. The quantitative estimate of drug-likeness (QED) is 0.549. The smallest absolute Gasteiger partial charge is 0.475 e. The molecule has 0 unspecified atom stereocenters. The Bertz CT molecular complexity index is 608. The second-order valence-electron chi connectivity index (χ2n) is 4.67. The van der Waals surface area contributed by atoms with Crippen LogP contribution in [0.15, 0.2) is 24.4 Å². The molecule has 0 bridgehead atoms. The molecule has 1 aliphatic heterocycles. The molecule has 0 aromatic carbocycles. The summed E-state index contributed by atoms with van der Waals surface area (Å²) < 4.78 is 63.5. The Balaban J connectivity index is 0.000000416. The molecule has 1 amide bonds. The number of carboxylic acid groups (broad SMARTS) is 2. The van der Waals surface area contributed by atoms with Gasteiger partial charge in [0.1, 0.15) is 5.82 Å². The van der Waals surface area contributed by atoms with Crippen molar-refractivity contribution in [3.63, 3.8) is 0 Å². The molecule has 1 aromatic rings. The summed E-state index contributed by atoms with van der Waals surface area (Å²) in [6, 6.07) is 5.45. The topological polar surface area (TPSA) is 129 Å². The molecular weight excluding hydrogens is 392 g/mol. The van der Waals surface area contributed by atoms with Gasteiger partial charge in [-0.25, -0.2) is 14.6 Å². The van der Waals surface area contributed by atoms with Gasteiger partial charge in [0.15, 0.2) is 0 Å². The Morgan fingerprint density at radius 3 is 1.70 bits per heavy atom. The van der Waals surface area contributed by atoms with Gasteiger partial charge in [-0.15, -0.1) is 0 Å². The van der Waals surface area contributed by atoms with E-state index in [1.807, 2.05) is 12.1 Å². The minimum atomic E-state index is -5.08. The van der Waals surface area contributed by atoms with Crippen LogP contribution in [0.5, 0.6) is 0 Å². The highest BCUT2D eigenvalue weighted by molar-refractivity contribution is 5.92. The van der Waals surface area contributed by atoms with Crippen molar-refractivity contribution in [2.24, 2.45) is 5.92 Å². The zero-order valence-electron chi connectivity index (χ0n) is 13.1. The molecular formula is C13H13F6N3O5. The lowest BCUT2D eigenvalue weighted by Crippen LogP contribution is -2.48. The van der Waals surface area contributed by atoms with E-state index in [9.17, 15) is 31.1 Å². The fraction of sp³-hybridized carbons (Fsp3) is 0.385. The van der Waals surface area contributed by atoms with Crippen LogP contribution in [-0.2, 0) is 14.4 Å². The molecule has 0 aliphatic carbocycles. The number of pyridine rings is 1. The Morgan fingerprint density at radius 1 is 1.00 bits per heavy atom. The third kappa shape index (κ3) is 10.6. The van der Waals surface area contributed by atoms with E-state index in [0.29, 0.717) is 5.82 Å². The molecule has 27 heavy (non-hydrogen) atoms. The summed E-state index contributed by atoms with van der Waals surface area (Å²) >= 11 is 0. The average molecular weight is 405 g/mol. The number of hydrogen-bond acceptors (Lipinski definition) is 5. The van der Waals surface area contributed by atoms with Gasteiger partial charge in [-0.05, 0) is 12.1 Å². The minimum Gasteiger partial charge on any atom is -0.475 e. The first-order valence-electron chi connectivity index (χ1n) is 6.78. The third-order valence-corrected chi connectivity index (χ3v) is 2.55. The highest BCUT2D eigenvalue weighted by Crippen LogP contribution is 2.13. The van der Waals surface area contributed by atoms with Crippen LogP contribution in [0.2, 0.25) is 0 Å². The van der Waals surface area contributed by atoms with E-state index in [0.717, 1.165) is 13.1 Å². The molecule has 0 spiro atoms. The Labute approximate surface area is 147 Å². The minimum absolute atomic E-state index is 0.0532. The first kappa shape index (κ1) is 24.1. The lowest BCUT2D eigenvalue weighted by atomic mass is 10.0. The maximum atomic E-state index is 11.4. The molecule has 1 saturated heterocycles. The molecule has 1 fully saturated rings. The fourth-order valence-electron chi connectivity index (χ4n) is 1.14. The Kier molecular flexibility index (Phi) is 9.19. The fourth-order valence-corrected chi connectivity index (χ4v) is 1.14. The summed E-state index contributed by atoms with van der Waals surface area (Å²) in [6.07, 6.45) is -8.51. The van der Waals surface area contributed by atoms with Crippen molar-refractivity contribution in [3.05, 3.63) is 24.4 Å². The van der Waals surface area contributed by atoms with Gasteiger partial charge >= 0.3 is 24.3 Å². The summed E-state index contributed by atoms with van der Waals surface area (Å²) in [6.45, 7) is 1.55. The third-order valence-electron chi connectivity index (χ3n) is 2.55. The van der Waals surface area contributed by atoms with Crippen molar-refractivity contribution < 1.29 is 50.9 Å². The van der Waals surface area contributed by atoms with Gasteiger partial charge in [-0.1, -0.05) is 6.07 Å². The van der Waals surface area contributed by atoms with Gasteiger partial charge in [0.25, 0.3) is 0 Å². The summed E-state index contributed by atoms with van der Waals surface area (Å²) in [5.74, 6) is -4.72. The van der Waals surface area contributed by atoms with E-state index in [1.54, 1.807) is 12.3 Å². The van der Waals surface area contributed by atoms with Crippen molar-refractivity contribution in [1.82, 2.24) is 10.3 Å². The van der Waals surface area contributed by atoms with Crippen molar-refractivity contribution >= 4 is 23.7 Å². The van der Waals surface area contributed by atoms with Crippen LogP contribution in [0.25, 0.3) is 0 Å². The molecule has 2 heterocycles. The number of hydrogen-bond donors (Lipinski definition) is 4. The van der Waals surface area contributed by atoms with Crippen molar-refractivity contribution in [3.8, 4) is 0 Å². The second-order valence-corrected chi connectivity index (χ2v) is 4.67. The number of anilines is 1. The monoisotopic (exact) mass is 405 g/mol. The summed E-state index contributed by atoms with van der Waals surface area (Å²) in [5.41, 5.74) is 0. The lowest BCUT2D eigenvalue weighted by Gasteiger charge is -2.25. The maximum absolute atomic E-state index is 11.4. The number of carboxylic acids is 2. The molecule has 4 N–H and O–H groups in total. The Hall–Kier alpha value is -2.90. The molecule has 152 valence electrons. The molecule has 1 aliphatic rings. The second kappa shape index (κ2) is 10.3. The first-order chi connectivity index (χ1) is 12.2. The molecule has 2 rings (SSSR count). The number of alkyl halides is 6. The molecule has 14 heteroatoms. The largest absolute Gasteiger partial charge is 0.490 e. The number of halogens is 6. The predicted molar refractivity (Wildman–Crippen MR) is 76.6 cm³/mol. The number of aromatic nitrogens is 1. The van der Waals surface area contributed by atoms with Gasteiger partial charge in [0.05, 0.1) is 5.92 Å². The maximum Gasteiger partial charge on any atom is 0.490 e. The van der Waals surface area contributed by atoms with Crippen LogP contribution >= 0.6 is 0 Å². The number of carbonyl (C=O) groups is 3. The molecule has 0 atom stereocenters. The van der Waals surface area contributed by atoms with E-state index in [1.165, 1.54) is 0 Å². The number of nitrogens with zero attached hydrogens (tertiary/aromatic N) is 1. The first-order valence-corrected chi connectivity index (χ1v) is 6.78. The van der Waals surface area contributed by atoms with E-state index < -0.39 is 24.3 Å². The number of carbonyl (C=O) groups excluding carboxylic acids is 1. The van der Waals surface area contributed by atoms with Gasteiger partial charge < -0.3 is 20.8 Å². The lowest BCUT2D eigenvalue weighted by molar-refractivity contribution is -0.193. The molecule has 8 nitrogen and oxygen atoms in total. The van der Waals surface area contributed by atoms with Crippen molar-refractivity contribution in [2.45, 2.75) is 12.4 Å². The van der Waals surface area contributed by atoms with E-state index >= 15 is 0 Å². The zero-order valence-corrected chi connectivity index (χ0v) is 13.1. The van der Waals surface area contributed by atoms with Crippen molar-refractivity contribution in [1.29, 1.82) is 0 Å². The molecule has 1 aromatic heterocycles. The van der Waals surface area contributed by atoms with E-state index in [2.05, 4.69) is 15.6 Å². The summed E-state index contributed by atoms with van der Waals surface area (Å²) in [7, 11) is 0. The van der Waals surface area contributed by atoms with E-state index in [-0.39, 0.29) is 11.8 Å². The number of rotatable bonds is 2. The standard InChI is InChI=1S/C9H11N3O.2C2HF3O2/c13-9(7-5-10-6-7)12-8-3-1-2-4-11-8;2*3-2(4,5)1(6)7/h1-4,7,10H,5-6H2,(H,11,12,13);2*(H,6,7). The van der Waals surface area contributed by atoms with Gasteiger partial charge in [-0.3, -0.25) is 4.79 Å². The SMILES string of the molecule is O=C(Nc1ccccn1)C1CNC1.O=C(O)C(F)(F)F.O=C(O)C(F)(F)F. The number of aliphatic carboxylic acids is 2.